The normalized spacial score (nSPS) is 15.1. The summed E-state index contributed by atoms with van der Waals surface area (Å²) in [5.41, 5.74) is 1.07. The van der Waals surface area contributed by atoms with Crippen molar-refractivity contribution in [1.29, 1.82) is 5.26 Å². The molecular formula is C16H19FN2O2. The Hall–Kier alpha value is -1.93. The van der Waals surface area contributed by atoms with Gasteiger partial charge in [0.1, 0.15) is 5.82 Å². The Morgan fingerprint density at radius 2 is 2.19 bits per heavy atom. The first kappa shape index (κ1) is 15.5. The summed E-state index contributed by atoms with van der Waals surface area (Å²) in [4.78, 5) is 13.6. The Balaban J connectivity index is 2.18. The zero-order valence-corrected chi connectivity index (χ0v) is 12.1. The number of ether oxygens (including phenoxy) is 1. The first-order chi connectivity index (χ1) is 10.1. The maximum Gasteiger partial charge on any atom is 0.319 e. The van der Waals surface area contributed by atoms with Gasteiger partial charge in [-0.2, -0.15) is 5.26 Å². The van der Waals surface area contributed by atoms with Gasteiger partial charge >= 0.3 is 5.97 Å². The molecule has 4 nitrogen and oxygen atoms in total. The van der Waals surface area contributed by atoms with Gasteiger partial charge in [-0.05, 0) is 30.5 Å². The number of esters is 1. The number of rotatable bonds is 5. The van der Waals surface area contributed by atoms with Gasteiger partial charge in [0, 0.05) is 12.6 Å². The van der Waals surface area contributed by atoms with Crippen molar-refractivity contribution in [1.82, 2.24) is 4.90 Å². The van der Waals surface area contributed by atoms with Gasteiger partial charge in [-0.25, -0.2) is 4.39 Å². The molecule has 0 saturated heterocycles. The van der Waals surface area contributed by atoms with Crippen LogP contribution in [0.1, 0.15) is 36.8 Å². The van der Waals surface area contributed by atoms with Crippen LogP contribution >= 0.6 is 0 Å². The van der Waals surface area contributed by atoms with Gasteiger partial charge in [0.15, 0.2) is 0 Å². The Morgan fingerprint density at radius 1 is 1.48 bits per heavy atom. The third-order valence-electron chi connectivity index (χ3n) is 3.97. The fourth-order valence-corrected chi connectivity index (χ4v) is 2.82. The van der Waals surface area contributed by atoms with Crippen LogP contribution in [0.4, 0.5) is 4.39 Å². The van der Waals surface area contributed by atoms with E-state index in [1.165, 1.54) is 19.2 Å². The predicted molar refractivity (Wildman–Crippen MR) is 75.8 cm³/mol. The van der Waals surface area contributed by atoms with E-state index in [1.54, 1.807) is 6.07 Å². The average molecular weight is 290 g/mol. The SMILES string of the molecule is COC(=O)CN(Cc1ccc(F)cc1C#N)C1CCCC1. The van der Waals surface area contributed by atoms with Gasteiger partial charge in [0.25, 0.3) is 0 Å². The predicted octanol–water partition coefficient (Wildman–Crippen LogP) is 2.61. The van der Waals surface area contributed by atoms with Crippen LogP contribution in [-0.2, 0) is 16.1 Å². The molecule has 0 atom stereocenters. The van der Waals surface area contributed by atoms with Crippen LogP contribution in [0.15, 0.2) is 18.2 Å². The quantitative estimate of drug-likeness (QED) is 0.782. The lowest BCUT2D eigenvalue weighted by molar-refractivity contribution is -0.142. The third-order valence-corrected chi connectivity index (χ3v) is 3.97. The highest BCUT2D eigenvalue weighted by Gasteiger charge is 2.25. The lowest BCUT2D eigenvalue weighted by Gasteiger charge is -2.28. The molecule has 1 aliphatic carbocycles. The second-order valence-electron chi connectivity index (χ2n) is 5.33. The summed E-state index contributed by atoms with van der Waals surface area (Å²) in [6.07, 6.45) is 4.38. The van der Waals surface area contributed by atoms with Gasteiger partial charge in [0.05, 0.1) is 25.3 Å². The second kappa shape index (κ2) is 7.19. The van der Waals surface area contributed by atoms with Gasteiger partial charge in [0.2, 0.25) is 0 Å². The number of hydrogen-bond donors (Lipinski definition) is 0. The second-order valence-corrected chi connectivity index (χ2v) is 5.33. The smallest absolute Gasteiger partial charge is 0.319 e. The molecule has 1 aliphatic rings. The van der Waals surface area contributed by atoms with Crippen molar-refractivity contribution < 1.29 is 13.9 Å². The molecule has 0 N–H and O–H groups in total. The fourth-order valence-electron chi connectivity index (χ4n) is 2.82. The summed E-state index contributed by atoms with van der Waals surface area (Å²) in [6, 6.07) is 6.54. The van der Waals surface area contributed by atoms with Crippen molar-refractivity contribution in [2.45, 2.75) is 38.3 Å². The minimum Gasteiger partial charge on any atom is -0.468 e. The Labute approximate surface area is 124 Å². The van der Waals surface area contributed by atoms with Crippen LogP contribution in [0.5, 0.6) is 0 Å². The standard InChI is InChI=1S/C16H19FN2O2/c1-21-16(20)11-19(15-4-2-3-5-15)10-12-6-7-14(17)8-13(12)9-18/h6-8,15H,2-5,10-11H2,1H3. The number of carbonyl (C=O) groups is 1. The number of hydrogen-bond acceptors (Lipinski definition) is 4. The average Bonchev–Trinajstić information content (AvgIpc) is 3.02. The van der Waals surface area contributed by atoms with Gasteiger partial charge in [-0.15, -0.1) is 0 Å². The summed E-state index contributed by atoms with van der Waals surface area (Å²) in [6.45, 7) is 0.659. The lowest BCUT2D eigenvalue weighted by Crippen LogP contribution is -2.37. The number of benzene rings is 1. The molecule has 1 aromatic rings. The van der Waals surface area contributed by atoms with Crippen LogP contribution in [0.2, 0.25) is 0 Å². The molecule has 0 spiro atoms. The van der Waals surface area contributed by atoms with Crippen LogP contribution < -0.4 is 0 Å². The molecule has 0 radical (unpaired) electrons. The van der Waals surface area contributed by atoms with E-state index >= 15 is 0 Å². The van der Waals surface area contributed by atoms with Crippen molar-refractivity contribution >= 4 is 5.97 Å². The molecule has 2 rings (SSSR count). The first-order valence-electron chi connectivity index (χ1n) is 7.13. The Bertz CT molecular complexity index is 548. The molecule has 5 heteroatoms. The molecule has 0 bridgehead atoms. The first-order valence-corrected chi connectivity index (χ1v) is 7.13. The molecule has 1 saturated carbocycles. The maximum absolute atomic E-state index is 13.2. The van der Waals surface area contributed by atoms with Crippen LogP contribution in [0, 0.1) is 17.1 Å². The van der Waals surface area contributed by atoms with Crippen molar-refractivity contribution in [2.24, 2.45) is 0 Å². The molecule has 1 aromatic carbocycles. The van der Waals surface area contributed by atoms with E-state index in [4.69, 9.17) is 10.00 Å². The van der Waals surface area contributed by atoms with Crippen LogP contribution in [-0.4, -0.2) is 30.6 Å². The van der Waals surface area contributed by atoms with Crippen LogP contribution in [0.25, 0.3) is 0 Å². The summed E-state index contributed by atoms with van der Waals surface area (Å²) in [5, 5.41) is 9.12. The largest absolute Gasteiger partial charge is 0.468 e. The Kier molecular flexibility index (Phi) is 5.29. The molecule has 112 valence electrons. The van der Waals surface area contributed by atoms with E-state index < -0.39 is 5.82 Å². The number of methoxy groups -OCH3 is 1. The lowest BCUT2D eigenvalue weighted by atomic mass is 10.1. The van der Waals surface area contributed by atoms with E-state index in [2.05, 4.69) is 0 Å². The minimum absolute atomic E-state index is 0.198. The van der Waals surface area contributed by atoms with E-state index in [0.717, 1.165) is 31.2 Å². The zero-order chi connectivity index (χ0) is 15.2. The number of nitriles is 1. The van der Waals surface area contributed by atoms with E-state index in [-0.39, 0.29) is 12.5 Å². The maximum atomic E-state index is 13.2. The van der Waals surface area contributed by atoms with E-state index in [9.17, 15) is 9.18 Å². The van der Waals surface area contributed by atoms with Gasteiger partial charge < -0.3 is 4.74 Å². The highest BCUT2D eigenvalue weighted by Crippen LogP contribution is 2.25. The molecule has 0 heterocycles. The number of carbonyl (C=O) groups excluding carboxylic acids is 1. The van der Waals surface area contributed by atoms with Crippen molar-refractivity contribution in [3.8, 4) is 6.07 Å². The molecule has 1 fully saturated rings. The number of halogens is 1. The summed E-state index contributed by atoms with van der Waals surface area (Å²) in [5.74, 6) is -0.710. The molecule has 0 aliphatic heterocycles. The molecular weight excluding hydrogens is 271 g/mol. The van der Waals surface area contributed by atoms with Crippen molar-refractivity contribution in [3.05, 3.63) is 35.1 Å². The molecule has 0 aromatic heterocycles. The Morgan fingerprint density at radius 3 is 2.81 bits per heavy atom. The van der Waals surface area contributed by atoms with Crippen molar-refractivity contribution in [2.75, 3.05) is 13.7 Å². The molecule has 0 amide bonds. The highest BCUT2D eigenvalue weighted by atomic mass is 19.1. The van der Waals surface area contributed by atoms with Gasteiger partial charge in [-0.3, -0.25) is 9.69 Å². The topological polar surface area (TPSA) is 53.3 Å². The van der Waals surface area contributed by atoms with Crippen LogP contribution in [0.3, 0.4) is 0 Å². The molecule has 0 unspecified atom stereocenters. The fraction of sp³-hybridized carbons (Fsp3) is 0.500. The summed E-state index contributed by atoms with van der Waals surface area (Å²) < 4.78 is 17.9. The van der Waals surface area contributed by atoms with E-state index in [0.29, 0.717) is 18.2 Å². The van der Waals surface area contributed by atoms with Crippen molar-refractivity contribution in [3.63, 3.8) is 0 Å². The third kappa shape index (κ3) is 4.02. The van der Waals surface area contributed by atoms with E-state index in [1.807, 2.05) is 11.0 Å². The minimum atomic E-state index is -0.421. The number of nitrogens with zero attached hydrogens (tertiary/aromatic N) is 2. The highest BCUT2D eigenvalue weighted by molar-refractivity contribution is 5.71. The summed E-state index contributed by atoms with van der Waals surface area (Å²) >= 11 is 0. The zero-order valence-electron chi connectivity index (χ0n) is 12.1. The van der Waals surface area contributed by atoms with Gasteiger partial charge in [-0.1, -0.05) is 18.9 Å². The summed E-state index contributed by atoms with van der Waals surface area (Å²) in [7, 11) is 1.37. The monoisotopic (exact) mass is 290 g/mol. The molecule has 21 heavy (non-hydrogen) atoms.